The Balaban J connectivity index is 4.14. The van der Waals surface area contributed by atoms with Gasteiger partial charge in [-0.2, -0.15) is 5.26 Å². The third kappa shape index (κ3) is 3.92. The van der Waals surface area contributed by atoms with Crippen molar-refractivity contribution >= 4 is 5.78 Å². The van der Waals surface area contributed by atoms with Gasteiger partial charge >= 0.3 is 0 Å². The zero-order chi connectivity index (χ0) is 9.56. The first-order valence-electron chi connectivity index (χ1n) is 4.13. The van der Waals surface area contributed by atoms with Crippen molar-refractivity contribution in [2.45, 2.75) is 27.2 Å². The van der Waals surface area contributed by atoms with Crippen molar-refractivity contribution in [1.82, 2.24) is 0 Å². The maximum absolute atomic E-state index is 10.7. The lowest BCUT2D eigenvalue weighted by molar-refractivity contribution is -0.117. The van der Waals surface area contributed by atoms with Crippen molar-refractivity contribution in [3.8, 4) is 6.07 Å². The largest absolute Gasteiger partial charge is 0.300 e. The Morgan fingerprint density at radius 1 is 1.67 bits per heavy atom. The Morgan fingerprint density at radius 2 is 2.25 bits per heavy atom. The molecule has 0 aliphatic carbocycles. The minimum absolute atomic E-state index is 0.126. The van der Waals surface area contributed by atoms with E-state index in [9.17, 15) is 4.79 Å². The van der Waals surface area contributed by atoms with Gasteiger partial charge in [0.15, 0.2) is 0 Å². The third-order valence-corrected chi connectivity index (χ3v) is 1.77. The Hall–Kier alpha value is -1.10. The van der Waals surface area contributed by atoms with Crippen molar-refractivity contribution in [1.29, 1.82) is 5.26 Å². The fourth-order valence-corrected chi connectivity index (χ4v) is 1.15. The second-order valence-electron chi connectivity index (χ2n) is 3.06. The molecule has 0 aromatic carbocycles. The number of carbonyl (C=O) groups is 1. The number of hydrogen-bond acceptors (Lipinski definition) is 2. The second-order valence-corrected chi connectivity index (χ2v) is 3.06. The average molecular weight is 165 g/mol. The van der Waals surface area contributed by atoms with Crippen LogP contribution in [0, 0.1) is 23.2 Å². The minimum atomic E-state index is -0.126. The monoisotopic (exact) mass is 165 g/mol. The van der Waals surface area contributed by atoms with Gasteiger partial charge in [-0.3, -0.25) is 0 Å². The molecule has 0 spiro atoms. The summed E-state index contributed by atoms with van der Waals surface area (Å²) in [7, 11) is 0. The number of ketones is 1. The molecule has 0 N–H and O–H groups in total. The fraction of sp³-hybridized carbons (Fsp3) is 0.600. The number of hydrogen-bond donors (Lipinski definition) is 0. The van der Waals surface area contributed by atoms with Gasteiger partial charge in [0, 0.05) is 6.42 Å². The average Bonchev–Trinajstić information content (AvgIpc) is 1.98. The molecule has 2 heteroatoms. The highest BCUT2D eigenvalue weighted by atomic mass is 16.1. The van der Waals surface area contributed by atoms with E-state index in [4.69, 9.17) is 5.26 Å². The number of carbonyl (C=O) groups excluding carboxylic acids is 1. The van der Waals surface area contributed by atoms with Crippen LogP contribution >= 0.6 is 0 Å². The lowest BCUT2D eigenvalue weighted by Gasteiger charge is -2.11. The van der Waals surface area contributed by atoms with Gasteiger partial charge in [0.2, 0.25) is 0 Å². The number of nitriles is 1. The predicted octanol–water partition coefficient (Wildman–Crippen LogP) is 2.32. The smallest absolute Gasteiger partial charge is 0.130 e. The van der Waals surface area contributed by atoms with E-state index in [1.165, 1.54) is 0 Å². The highest BCUT2D eigenvalue weighted by molar-refractivity contribution is 5.75. The molecule has 0 radical (unpaired) electrons. The lowest BCUT2D eigenvalue weighted by atomic mass is 9.91. The van der Waals surface area contributed by atoms with Gasteiger partial charge < -0.3 is 4.79 Å². The zero-order valence-electron chi connectivity index (χ0n) is 7.87. The summed E-state index contributed by atoms with van der Waals surface area (Å²) >= 11 is 0. The summed E-state index contributed by atoms with van der Waals surface area (Å²) < 4.78 is 0. The molecule has 0 saturated heterocycles. The Bertz CT molecular complexity index is 212. The van der Waals surface area contributed by atoms with E-state index < -0.39 is 0 Å². The van der Waals surface area contributed by atoms with Crippen LogP contribution < -0.4 is 0 Å². The molecule has 12 heavy (non-hydrogen) atoms. The first-order valence-corrected chi connectivity index (χ1v) is 4.13. The summed E-state index contributed by atoms with van der Waals surface area (Å²) in [5, 5.41) is 8.73. The molecule has 66 valence electrons. The maximum Gasteiger partial charge on any atom is 0.130 e. The van der Waals surface area contributed by atoms with Crippen LogP contribution in [0.1, 0.15) is 27.2 Å². The molecule has 0 unspecified atom stereocenters. The number of rotatable bonds is 4. The van der Waals surface area contributed by atoms with Crippen LogP contribution in [0.3, 0.4) is 0 Å². The van der Waals surface area contributed by atoms with Crippen molar-refractivity contribution in [2.75, 3.05) is 0 Å². The number of Topliss-reactive ketones (excluding diaryl/α,β-unsaturated/α-hetero) is 1. The molecule has 0 aromatic heterocycles. The summed E-state index contributed by atoms with van der Waals surface area (Å²) in [6, 6.07) is 2.17. The van der Waals surface area contributed by atoms with Crippen LogP contribution in [0.4, 0.5) is 0 Å². The van der Waals surface area contributed by atoms with Crippen LogP contribution in [0.25, 0.3) is 0 Å². The fourth-order valence-electron chi connectivity index (χ4n) is 1.15. The van der Waals surface area contributed by atoms with Crippen molar-refractivity contribution in [3.05, 3.63) is 12.2 Å². The molecular weight excluding hydrogens is 150 g/mol. The van der Waals surface area contributed by atoms with E-state index in [1.807, 2.05) is 26.0 Å². The predicted molar refractivity (Wildman–Crippen MR) is 48.4 cm³/mol. The summed E-state index contributed by atoms with van der Waals surface area (Å²) in [6.45, 7) is 5.36. The molecule has 0 aromatic rings. The van der Waals surface area contributed by atoms with Crippen LogP contribution in [-0.2, 0) is 4.79 Å². The molecule has 0 saturated carbocycles. The summed E-state index contributed by atoms with van der Waals surface area (Å²) in [6.07, 6.45) is 4.18. The highest BCUT2D eigenvalue weighted by Gasteiger charge is 2.14. The molecular formula is C10H15NO. The number of nitrogens with zero attached hydrogens (tertiary/aromatic N) is 1. The summed E-state index contributed by atoms with van der Waals surface area (Å²) in [5.41, 5.74) is 0. The van der Waals surface area contributed by atoms with E-state index >= 15 is 0 Å². The maximum atomic E-state index is 10.7. The van der Waals surface area contributed by atoms with Crippen LogP contribution in [0.2, 0.25) is 0 Å². The van der Waals surface area contributed by atoms with E-state index in [0.29, 0.717) is 6.42 Å². The van der Waals surface area contributed by atoms with Gasteiger partial charge in [0.25, 0.3) is 0 Å². The standard InChI is InChI=1S/C10H15NO/c1-4-5-10(7-11)8(2)6-9(3)12/h4-5,8,10H,6H2,1-3H3/b5-4+/t8-,10-/m0/s1. The lowest BCUT2D eigenvalue weighted by Crippen LogP contribution is -2.10. The van der Waals surface area contributed by atoms with E-state index in [2.05, 4.69) is 6.07 Å². The van der Waals surface area contributed by atoms with E-state index in [1.54, 1.807) is 6.92 Å². The second kappa shape index (κ2) is 5.54. The van der Waals surface area contributed by atoms with Crippen LogP contribution in [-0.4, -0.2) is 5.78 Å². The van der Waals surface area contributed by atoms with Gasteiger partial charge in [0.1, 0.15) is 5.78 Å². The molecule has 0 aliphatic rings. The first kappa shape index (κ1) is 10.9. The number of allylic oxidation sites excluding steroid dienone is 2. The summed E-state index contributed by atoms with van der Waals surface area (Å²) in [5.74, 6) is 0.148. The highest BCUT2D eigenvalue weighted by Crippen LogP contribution is 2.16. The Kier molecular flexibility index (Phi) is 5.03. The van der Waals surface area contributed by atoms with Gasteiger partial charge in [-0.25, -0.2) is 0 Å². The van der Waals surface area contributed by atoms with E-state index in [-0.39, 0.29) is 17.6 Å². The third-order valence-electron chi connectivity index (χ3n) is 1.77. The Morgan fingerprint density at radius 3 is 2.58 bits per heavy atom. The molecule has 0 rings (SSSR count). The molecule has 0 heterocycles. The zero-order valence-corrected chi connectivity index (χ0v) is 7.87. The van der Waals surface area contributed by atoms with Crippen LogP contribution in [0.5, 0.6) is 0 Å². The van der Waals surface area contributed by atoms with Gasteiger partial charge in [-0.15, -0.1) is 0 Å². The molecule has 0 aliphatic heterocycles. The molecule has 2 atom stereocenters. The summed E-state index contributed by atoms with van der Waals surface area (Å²) in [4.78, 5) is 10.7. The van der Waals surface area contributed by atoms with Gasteiger partial charge in [-0.1, -0.05) is 19.1 Å². The van der Waals surface area contributed by atoms with Crippen molar-refractivity contribution in [3.63, 3.8) is 0 Å². The molecule has 0 amide bonds. The van der Waals surface area contributed by atoms with Gasteiger partial charge in [0.05, 0.1) is 12.0 Å². The van der Waals surface area contributed by atoms with Crippen LogP contribution in [0.15, 0.2) is 12.2 Å². The first-order chi connectivity index (χ1) is 5.61. The molecule has 2 nitrogen and oxygen atoms in total. The molecule has 0 bridgehead atoms. The van der Waals surface area contributed by atoms with Gasteiger partial charge in [-0.05, 0) is 19.8 Å². The quantitative estimate of drug-likeness (QED) is 0.600. The normalized spacial score (nSPS) is 15.5. The topological polar surface area (TPSA) is 40.9 Å². The minimum Gasteiger partial charge on any atom is -0.300 e. The molecule has 0 fully saturated rings. The van der Waals surface area contributed by atoms with Crippen molar-refractivity contribution in [2.24, 2.45) is 11.8 Å². The Labute approximate surface area is 73.9 Å². The van der Waals surface area contributed by atoms with E-state index in [0.717, 1.165) is 0 Å². The SMILES string of the molecule is C/C=C/[C@@H](C#N)[C@@H](C)CC(C)=O. The van der Waals surface area contributed by atoms with Crippen molar-refractivity contribution < 1.29 is 4.79 Å².